The van der Waals surface area contributed by atoms with E-state index in [0.29, 0.717) is 0 Å². The molecule has 2 heteroatoms. The van der Waals surface area contributed by atoms with Gasteiger partial charge in [-0.25, -0.2) is 0 Å². The van der Waals surface area contributed by atoms with Gasteiger partial charge in [0.15, 0.2) is 0 Å². The normalized spacial score (nSPS) is 11.6. The number of pyridine rings is 2. The minimum Gasteiger partial charge on any atom is -0.256 e. The van der Waals surface area contributed by atoms with Crippen LogP contribution in [0, 0.1) is 6.92 Å². The maximum Gasteiger partial charge on any atom is 0.0787 e. The Morgan fingerprint density at radius 2 is 1.11 bits per heavy atom. The number of nitrogens with zero attached hydrogens (tertiary/aromatic N) is 2. The molecule has 7 aromatic rings. The van der Waals surface area contributed by atoms with Gasteiger partial charge in [-0.2, -0.15) is 0 Å². The van der Waals surface area contributed by atoms with Crippen molar-refractivity contribution in [1.29, 1.82) is 0 Å². The molecule has 5 aromatic carbocycles. The zero-order valence-corrected chi connectivity index (χ0v) is 26.3. The minimum atomic E-state index is 0.0524. The van der Waals surface area contributed by atoms with Crippen LogP contribution in [0.15, 0.2) is 146 Å². The van der Waals surface area contributed by atoms with E-state index in [1.54, 1.807) is 0 Å². The smallest absolute Gasteiger partial charge is 0.0787 e. The van der Waals surface area contributed by atoms with E-state index in [9.17, 15) is 0 Å². The molecule has 0 aliphatic heterocycles. The maximum atomic E-state index is 5.17. The Bertz CT molecular complexity index is 2140. The molecule has 2 heterocycles. The van der Waals surface area contributed by atoms with Crippen LogP contribution in [-0.2, 0) is 5.41 Å². The van der Waals surface area contributed by atoms with Crippen LogP contribution in [0.1, 0.15) is 31.9 Å². The molecule has 0 saturated heterocycles. The molecule has 0 fully saturated rings. The Morgan fingerprint density at radius 3 is 1.87 bits per heavy atom. The number of fused-ring (bicyclic) bond motifs is 1. The predicted molar refractivity (Wildman–Crippen MR) is 190 cm³/mol. The zero-order valence-electron chi connectivity index (χ0n) is 26.3. The summed E-state index contributed by atoms with van der Waals surface area (Å²) < 4.78 is 0. The summed E-state index contributed by atoms with van der Waals surface area (Å²) in [5.41, 5.74) is 15.0. The van der Waals surface area contributed by atoms with Crippen molar-refractivity contribution in [3.8, 4) is 55.8 Å². The van der Waals surface area contributed by atoms with Crippen molar-refractivity contribution in [3.63, 3.8) is 0 Å². The second-order valence-electron chi connectivity index (χ2n) is 12.8. The van der Waals surface area contributed by atoms with Gasteiger partial charge in [-0.15, -0.1) is 0 Å². The highest BCUT2D eigenvalue weighted by molar-refractivity contribution is 6.05. The molecular weight excluding hydrogens is 544 g/mol. The molecule has 218 valence electrons. The molecule has 7 rings (SSSR count). The largest absolute Gasteiger partial charge is 0.256 e. The Hall–Kier alpha value is -5.34. The number of rotatable bonds is 5. The minimum absolute atomic E-state index is 0.0524. The van der Waals surface area contributed by atoms with Gasteiger partial charge in [-0.3, -0.25) is 9.97 Å². The molecule has 0 bridgehead atoms. The van der Waals surface area contributed by atoms with Crippen LogP contribution in [0.25, 0.3) is 66.7 Å². The number of hydrogen-bond acceptors (Lipinski definition) is 2. The molecule has 0 aliphatic carbocycles. The third kappa shape index (κ3) is 5.56. The lowest BCUT2D eigenvalue weighted by atomic mass is 9.86. The van der Waals surface area contributed by atoms with Crippen LogP contribution in [0.2, 0.25) is 0 Å². The molecule has 0 spiro atoms. The van der Waals surface area contributed by atoms with Gasteiger partial charge in [0.2, 0.25) is 0 Å². The maximum absolute atomic E-state index is 5.17. The summed E-state index contributed by atoms with van der Waals surface area (Å²) in [6.07, 6.45) is 3.94. The monoisotopic (exact) mass is 580 g/mol. The Kier molecular flexibility index (Phi) is 7.35. The Labute approximate surface area is 266 Å². The summed E-state index contributed by atoms with van der Waals surface area (Å²) >= 11 is 0. The summed E-state index contributed by atoms with van der Waals surface area (Å²) in [6.45, 7) is 8.94. The van der Waals surface area contributed by atoms with Crippen LogP contribution in [0.3, 0.4) is 0 Å². The second-order valence-corrected chi connectivity index (χ2v) is 12.8. The van der Waals surface area contributed by atoms with E-state index >= 15 is 0 Å². The van der Waals surface area contributed by atoms with Crippen LogP contribution < -0.4 is 0 Å². The van der Waals surface area contributed by atoms with Crippen LogP contribution in [-0.4, -0.2) is 9.97 Å². The van der Waals surface area contributed by atoms with Crippen molar-refractivity contribution in [2.75, 3.05) is 0 Å². The van der Waals surface area contributed by atoms with Crippen molar-refractivity contribution < 1.29 is 0 Å². The number of aromatic nitrogens is 2. The summed E-state index contributed by atoms with van der Waals surface area (Å²) in [6, 6.07) is 47.6. The topological polar surface area (TPSA) is 25.8 Å². The molecule has 0 radical (unpaired) electrons. The van der Waals surface area contributed by atoms with Gasteiger partial charge in [-0.05, 0) is 81.1 Å². The highest BCUT2D eigenvalue weighted by atomic mass is 14.7. The fraction of sp³-hybridized carbons (Fsp3) is 0.116. The van der Waals surface area contributed by atoms with E-state index in [1.165, 1.54) is 27.8 Å². The first-order chi connectivity index (χ1) is 21.9. The lowest BCUT2D eigenvalue weighted by Crippen LogP contribution is -2.11. The molecular formula is C43H36N2. The van der Waals surface area contributed by atoms with Gasteiger partial charge >= 0.3 is 0 Å². The van der Waals surface area contributed by atoms with E-state index in [1.807, 2.05) is 12.4 Å². The van der Waals surface area contributed by atoms with Crippen molar-refractivity contribution in [2.24, 2.45) is 0 Å². The first kappa shape index (κ1) is 28.4. The summed E-state index contributed by atoms with van der Waals surface area (Å²) in [5, 5.41) is 1.13. The van der Waals surface area contributed by atoms with E-state index in [2.05, 4.69) is 161 Å². The van der Waals surface area contributed by atoms with Crippen molar-refractivity contribution in [3.05, 3.63) is 157 Å². The van der Waals surface area contributed by atoms with Gasteiger partial charge < -0.3 is 0 Å². The van der Waals surface area contributed by atoms with Crippen LogP contribution >= 0.6 is 0 Å². The molecule has 0 unspecified atom stereocenters. The zero-order chi connectivity index (χ0) is 31.0. The lowest BCUT2D eigenvalue weighted by Gasteiger charge is -2.19. The van der Waals surface area contributed by atoms with Crippen LogP contribution in [0.5, 0.6) is 0 Å². The van der Waals surface area contributed by atoms with Crippen LogP contribution in [0.4, 0.5) is 0 Å². The third-order valence-corrected chi connectivity index (χ3v) is 8.76. The average Bonchev–Trinajstić information content (AvgIpc) is 3.08. The SMILES string of the molecule is Cc1c(-c2ccccc2)cccc1-c1ccc(-c2cccc(-c3cc(C(C)(C)C)ccn3)c2)c2cc(-c3ccccc3)cnc12. The first-order valence-electron chi connectivity index (χ1n) is 15.6. The van der Waals surface area contributed by atoms with E-state index in [-0.39, 0.29) is 5.41 Å². The fourth-order valence-electron chi connectivity index (χ4n) is 6.24. The Balaban J connectivity index is 1.42. The van der Waals surface area contributed by atoms with Gasteiger partial charge in [0.1, 0.15) is 0 Å². The molecule has 2 aromatic heterocycles. The summed E-state index contributed by atoms with van der Waals surface area (Å²) in [7, 11) is 0. The van der Waals surface area contributed by atoms with E-state index in [4.69, 9.17) is 9.97 Å². The fourth-order valence-corrected chi connectivity index (χ4v) is 6.24. The lowest BCUT2D eigenvalue weighted by molar-refractivity contribution is 0.589. The first-order valence-corrected chi connectivity index (χ1v) is 15.6. The second kappa shape index (κ2) is 11.6. The van der Waals surface area contributed by atoms with E-state index < -0.39 is 0 Å². The van der Waals surface area contributed by atoms with Gasteiger partial charge in [0.25, 0.3) is 0 Å². The van der Waals surface area contributed by atoms with Gasteiger partial charge in [0, 0.05) is 34.5 Å². The van der Waals surface area contributed by atoms with Crippen molar-refractivity contribution in [1.82, 2.24) is 9.97 Å². The Morgan fingerprint density at radius 1 is 0.467 bits per heavy atom. The summed E-state index contributed by atoms with van der Waals surface area (Å²) in [4.78, 5) is 9.93. The predicted octanol–water partition coefficient (Wildman–Crippen LogP) is 11.6. The van der Waals surface area contributed by atoms with Crippen molar-refractivity contribution >= 4 is 10.9 Å². The number of hydrogen-bond donors (Lipinski definition) is 0. The van der Waals surface area contributed by atoms with Gasteiger partial charge in [0.05, 0.1) is 11.2 Å². The molecule has 0 amide bonds. The molecule has 45 heavy (non-hydrogen) atoms. The molecule has 0 N–H and O–H groups in total. The average molecular weight is 581 g/mol. The summed E-state index contributed by atoms with van der Waals surface area (Å²) in [5.74, 6) is 0. The highest BCUT2D eigenvalue weighted by Crippen LogP contribution is 2.40. The quantitative estimate of drug-likeness (QED) is 0.202. The third-order valence-electron chi connectivity index (χ3n) is 8.76. The van der Waals surface area contributed by atoms with Gasteiger partial charge in [-0.1, -0.05) is 130 Å². The standard InChI is InChI=1S/C43H36N2/c1-29-36(31-15-9-6-10-16-31)19-12-20-37(29)39-22-21-38(40-26-34(28-45-42(39)40)30-13-7-5-8-14-30)32-17-11-18-33(25-32)41-27-35(23-24-44-41)43(2,3)4/h5-28H,1-4H3. The van der Waals surface area contributed by atoms with Crippen molar-refractivity contribution in [2.45, 2.75) is 33.1 Å². The number of benzene rings is 5. The highest BCUT2D eigenvalue weighted by Gasteiger charge is 2.17. The molecule has 0 aliphatic rings. The van der Waals surface area contributed by atoms with E-state index in [0.717, 1.165) is 50.0 Å². The molecule has 0 saturated carbocycles. The molecule has 2 nitrogen and oxygen atoms in total. The molecule has 0 atom stereocenters.